The second-order valence-corrected chi connectivity index (χ2v) is 3.24. The van der Waals surface area contributed by atoms with Gasteiger partial charge in [-0.2, -0.15) is 0 Å². The molecule has 0 bridgehead atoms. The Balaban J connectivity index is 2.85. The molecule has 0 aromatic heterocycles. The third-order valence-corrected chi connectivity index (χ3v) is 1.88. The monoisotopic (exact) mass is 241 g/mol. The maximum atomic E-state index is 10.2. The third kappa shape index (κ3) is 3.35. The normalized spacial score (nSPS) is 12.8. The number of aliphatic carboxylic acids is 1. The summed E-state index contributed by atoms with van der Waals surface area (Å²) >= 11 is 0. The SMILES string of the molecule is O=C(O)CC(O)C=Nc1ccc(O)c(O)c1O. The Hall–Kier alpha value is -2.28. The Kier molecular flexibility index (Phi) is 3.89. The Morgan fingerprint density at radius 3 is 2.53 bits per heavy atom. The van der Waals surface area contributed by atoms with E-state index in [1.165, 1.54) is 6.07 Å². The van der Waals surface area contributed by atoms with Gasteiger partial charge in [0.1, 0.15) is 5.69 Å². The minimum absolute atomic E-state index is 0.0928. The van der Waals surface area contributed by atoms with E-state index in [1.54, 1.807) is 0 Å². The Bertz CT molecular complexity index is 456. The van der Waals surface area contributed by atoms with Crippen LogP contribution in [0.2, 0.25) is 0 Å². The van der Waals surface area contributed by atoms with Crippen molar-refractivity contribution in [2.24, 2.45) is 4.99 Å². The second-order valence-electron chi connectivity index (χ2n) is 3.24. The molecule has 0 spiro atoms. The molecule has 1 atom stereocenters. The number of hydrogen-bond acceptors (Lipinski definition) is 6. The van der Waals surface area contributed by atoms with Crippen molar-refractivity contribution >= 4 is 17.9 Å². The van der Waals surface area contributed by atoms with E-state index < -0.39 is 35.7 Å². The standard InChI is InChI=1S/C10H11NO6/c12-5(3-8(14)15)4-11-6-1-2-7(13)10(17)9(6)16/h1-2,4-5,12-13,16-17H,3H2,(H,14,15). The highest BCUT2D eigenvalue weighted by molar-refractivity contribution is 5.77. The minimum Gasteiger partial charge on any atom is -0.504 e. The highest BCUT2D eigenvalue weighted by Crippen LogP contribution is 2.41. The lowest BCUT2D eigenvalue weighted by atomic mass is 10.2. The molecule has 0 amide bonds. The molecule has 1 aromatic carbocycles. The number of aromatic hydroxyl groups is 3. The fourth-order valence-corrected chi connectivity index (χ4v) is 1.06. The summed E-state index contributed by atoms with van der Waals surface area (Å²) in [7, 11) is 0. The predicted octanol–water partition coefficient (Wildman–Crippen LogP) is 0.341. The van der Waals surface area contributed by atoms with Gasteiger partial charge in [0.2, 0.25) is 5.75 Å². The number of aliphatic hydroxyl groups excluding tert-OH is 1. The summed E-state index contributed by atoms with van der Waals surface area (Å²) in [5.41, 5.74) is -0.0928. The highest BCUT2D eigenvalue weighted by Gasteiger charge is 2.11. The molecule has 0 saturated carbocycles. The van der Waals surface area contributed by atoms with Gasteiger partial charge in [-0.3, -0.25) is 9.79 Å². The molecule has 0 aliphatic carbocycles. The number of carboxylic acid groups (broad SMARTS) is 1. The second kappa shape index (κ2) is 5.17. The first-order chi connectivity index (χ1) is 7.91. The molecule has 1 unspecified atom stereocenters. The Morgan fingerprint density at radius 1 is 1.29 bits per heavy atom. The summed E-state index contributed by atoms with van der Waals surface area (Å²) in [6.45, 7) is 0. The van der Waals surface area contributed by atoms with Gasteiger partial charge < -0.3 is 25.5 Å². The number of aliphatic imine (C=N–C) groups is 1. The number of carbonyl (C=O) groups is 1. The molecule has 0 aliphatic rings. The molecule has 7 nitrogen and oxygen atoms in total. The van der Waals surface area contributed by atoms with E-state index >= 15 is 0 Å². The average molecular weight is 241 g/mol. The number of benzene rings is 1. The van der Waals surface area contributed by atoms with Crippen molar-refractivity contribution < 1.29 is 30.3 Å². The third-order valence-electron chi connectivity index (χ3n) is 1.88. The van der Waals surface area contributed by atoms with Crippen LogP contribution >= 0.6 is 0 Å². The van der Waals surface area contributed by atoms with Crippen LogP contribution in [0.1, 0.15) is 6.42 Å². The molecular weight excluding hydrogens is 230 g/mol. The predicted molar refractivity (Wildman–Crippen MR) is 57.8 cm³/mol. The lowest BCUT2D eigenvalue weighted by molar-refractivity contribution is -0.138. The van der Waals surface area contributed by atoms with E-state index in [1.807, 2.05) is 0 Å². The number of hydrogen-bond donors (Lipinski definition) is 5. The Morgan fingerprint density at radius 2 is 1.94 bits per heavy atom. The van der Waals surface area contributed by atoms with Crippen molar-refractivity contribution in [2.45, 2.75) is 12.5 Å². The summed E-state index contributed by atoms with van der Waals surface area (Å²) in [5.74, 6) is -3.08. The number of phenols is 3. The first kappa shape index (κ1) is 12.8. The lowest BCUT2D eigenvalue weighted by Gasteiger charge is -2.04. The van der Waals surface area contributed by atoms with Gasteiger partial charge >= 0.3 is 5.97 Å². The van der Waals surface area contributed by atoms with Gasteiger partial charge in [-0.1, -0.05) is 0 Å². The molecule has 1 rings (SSSR count). The number of nitrogens with zero attached hydrogens (tertiary/aromatic N) is 1. The summed E-state index contributed by atoms with van der Waals surface area (Å²) in [6.07, 6.45) is -0.906. The molecule has 0 heterocycles. The number of rotatable bonds is 4. The highest BCUT2D eigenvalue weighted by atomic mass is 16.4. The van der Waals surface area contributed by atoms with Crippen molar-refractivity contribution in [1.82, 2.24) is 0 Å². The van der Waals surface area contributed by atoms with Crippen molar-refractivity contribution in [1.29, 1.82) is 0 Å². The molecule has 0 radical (unpaired) electrons. The van der Waals surface area contributed by atoms with Crippen molar-refractivity contribution in [3.8, 4) is 17.2 Å². The number of phenolic OH excluding ortho intramolecular Hbond substituents is 3. The van der Waals surface area contributed by atoms with Gasteiger partial charge in [0.05, 0.1) is 12.5 Å². The summed E-state index contributed by atoms with van der Waals surface area (Å²) in [5, 5.41) is 45.1. The lowest BCUT2D eigenvalue weighted by Crippen LogP contribution is -2.13. The van der Waals surface area contributed by atoms with Crippen LogP contribution in [0.4, 0.5) is 5.69 Å². The van der Waals surface area contributed by atoms with Gasteiger partial charge in [0, 0.05) is 6.21 Å². The fourth-order valence-electron chi connectivity index (χ4n) is 1.06. The smallest absolute Gasteiger partial charge is 0.306 e. The minimum atomic E-state index is -1.30. The molecule has 7 heteroatoms. The van der Waals surface area contributed by atoms with Crippen LogP contribution in [0, 0.1) is 0 Å². The van der Waals surface area contributed by atoms with Gasteiger partial charge in [0.15, 0.2) is 11.5 Å². The van der Waals surface area contributed by atoms with Gasteiger partial charge in [-0.05, 0) is 12.1 Å². The molecule has 1 aromatic rings. The zero-order valence-corrected chi connectivity index (χ0v) is 8.61. The van der Waals surface area contributed by atoms with Gasteiger partial charge in [-0.25, -0.2) is 0 Å². The number of aliphatic hydroxyl groups is 1. The molecule has 5 N–H and O–H groups in total. The summed E-state index contributed by atoms with van der Waals surface area (Å²) in [4.78, 5) is 13.8. The topological polar surface area (TPSA) is 131 Å². The van der Waals surface area contributed by atoms with E-state index in [-0.39, 0.29) is 5.69 Å². The van der Waals surface area contributed by atoms with Crippen LogP contribution in [-0.4, -0.2) is 43.8 Å². The molecule has 0 fully saturated rings. The van der Waals surface area contributed by atoms with E-state index in [0.29, 0.717) is 0 Å². The van der Waals surface area contributed by atoms with Crippen LogP contribution in [0.15, 0.2) is 17.1 Å². The average Bonchev–Trinajstić information content (AvgIpc) is 2.24. The molecule has 0 aliphatic heterocycles. The van der Waals surface area contributed by atoms with Crippen LogP contribution in [0.3, 0.4) is 0 Å². The van der Waals surface area contributed by atoms with E-state index in [4.69, 9.17) is 15.3 Å². The molecular formula is C10H11NO6. The van der Waals surface area contributed by atoms with Gasteiger partial charge in [-0.15, -0.1) is 0 Å². The van der Waals surface area contributed by atoms with E-state index in [2.05, 4.69) is 4.99 Å². The van der Waals surface area contributed by atoms with Crippen LogP contribution in [-0.2, 0) is 4.79 Å². The fraction of sp³-hybridized carbons (Fsp3) is 0.200. The molecule has 17 heavy (non-hydrogen) atoms. The molecule has 92 valence electrons. The van der Waals surface area contributed by atoms with Crippen molar-refractivity contribution in [2.75, 3.05) is 0 Å². The van der Waals surface area contributed by atoms with Crippen molar-refractivity contribution in [3.05, 3.63) is 12.1 Å². The van der Waals surface area contributed by atoms with Crippen LogP contribution in [0.25, 0.3) is 0 Å². The van der Waals surface area contributed by atoms with Crippen molar-refractivity contribution in [3.63, 3.8) is 0 Å². The maximum Gasteiger partial charge on any atom is 0.306 e. The maximum absolute atomic E-state index is 10.2. The van der Waals surface area contributed by atoms with E-state index in [9.17, 15) is 15.0 Å². The van der Waals surface area contributed by atoms with Gasteiger partial charge in [0.25, 0.3) is 0 Å². The first-order valence-electron chi connectivity index (χ1n) is 4.59. The largest absolute Gasteiger partial charge is 0.504 e. The molecule has 0 saturated heterocycles. The zero-order chi connectivity index (χ0) is 13.0. The zero-order valence-electron chi connectivity index (χ0n) is 8.61. The summed E-state index contributed by atoms with van der Waals surface area (Å²) < 4.78 is 0. The number of carboxylic acids is 1. The van der Waals surface area contributed by atoms with Crippen LogP contribution in [0.5, 0.6) is 17.2 Å². The quantitative estimate of drug-likeness (QED) is 0.381. The summed E-state index contributed by atoms with van der Waals surface area (Å²) in [6, 6.07) is 2.31. The van der Waals surface area contributed by atoms with Crippen LogP contribution < -0.4 is 0 Å². The Labute approximate surface area is 95.9 Å². The van der Waals surface area contributed by atoms with E-state index in [0.717, 1.165) is 12.3 Å². The first-order valence-corrected chi connectivity index (χ1v) is 4.59.